The van der Waals surface area contributed by atoms with Gasteiger partial charge in [-0.25, -0.2) is 13.2 Å². The van der Waals surface area contributed by atoms with Gasteiger partial charge in [0, 0.05) is 11.9 Å². The van der Waals surface area contributed by atoms with Gasteiger partial charge in [0.2, 0.25) is 5.88 Å². The maximum Gasteiger partial charge on any atom is 0.328 e. The number of nitrogens with one attached hydrogen (secondary N) is 3. The van der Waals surface area contributed by atoms with E-state index in [1.165, 1.54) is 24.3 Å². The second-order valence-corrected chi connectivity index (χ2v) is 6.40. The van der Waals surface area contributed by atoms with Crippen LogP contribution in [0.25, 0.3) is 0 Å². The molecule has 4 N–H and O–H groups in total. The van der Waals surface area contributed by atoms with Crippen molar-refractivity contribution in [2.45, 2.75) is 4.90 Å². The number of aromatic hydroxyl groups is 1. The lowest BCUT2D eigenvalue weighted by Crippen LogP contribution is -2.30. The predicted octanol–water partition coefficient (Wildman–Crippen LogP) is -0.575. The highest BCUT2D eigenvalue weighted by Crippen LogP contribution is 2.15. The molecule has 0 saturated carbocycles. The largest absolute Gasteiger partial charge is 0.494 e. The van der Waals surface area contributed by atoms with Crippen LogP contribution in [0.1, 0.15) is 10.4 Å². The summed E-state index contributed by atoms with van der Waals surface area (Å²) in [6.45, 7) is 0. The van der Waals surface area contributed by atoms with Crippen molar-refractivity contribution in [3.63, 3.8) is 0 Å². The highest BCUT2D eigenvalue weighted by atomic mass is 32.2. The van der Waals surface area contributed by atoms with Gasteiger partial charge < -0.3 is 10.4 Å². The lowest BCUT2D eigenvalue weighted by molar-refractivity contribution is 0.102. The smallest absolute Gasteiger partial charge is 0.328 e. The summed E-state index contributed by atoms with van der Waals surface area (Å²) in [7, 11) is -3.37. The number of aromatic nitrogens is 2. The summed E-state index contributed by atoms with van der Waals surface area (Å²) in [5.74, 6) is -1.82. The fourth-order valence-corrected chi connectivity index (χ4v) is 2.29. The monoisotopic (exact) mass is 325 g/mol. The molecule has 2 rings (SSSR count). The Kier molecular flexibility index (Phi) is 3.87. The number of hydrogen-bond acceptors (Lipinski definition) is 6. The van der Waals surface area contributed by atoms with Crippen LogP contribution in [0.3, 0.4) is 0 Å². The molecule has 0 fully saturated rings. The number of hydrogen-bond donors (Lipinski definition) is 4. The first-order chi connectivity index (χ1) is 10.2. The zero-order valence-corrected chi connectivity index (χ0v) is 12.0. The van der Waals surface area contributed by atoms with Crippen LogP contribution in [-0.4, -0.2) is 35.7 Å². The fraction of sp³-hybridized carbons (Fsp3) is 0.0833. The molecule has 1 aromatic carbocycles. The normalized spacial score (nSPS) is 11.1. The second kappa shape index (κ2) is 5.48. The molecule has 2 aromatic rings. The maximum absolute atomic E-state index is 11.9. The van der Waals surface area contributed by atoms with Gasteiger partial charge in [0.1, 0.15) is 0 Å². The summed E-state index contributed by atoms with van der Waals surface area (Å²) in [4.78, 5) is 38.1. The minimum Gasteiger partial charge on any atom is -0.494 e. The highest BCUT2D eigenvalue weighted by molar-refractivity contribution is 7.90. The first-order valence-electron chi connectivity index (χ1n) is 5.85. The number of benzene rings is 1. The molecule has 0 aliphatic rings. The van der Waals surface area contributed by atoms with Crippen LogP contribution < -0.4 is 16.6 Å². The molecule has 0 spiro atoms. The standard InChI is InChI=1S/C12H11N3O6S/c1-22(20,21)7-4-2-6(3-5-7)13-9(16)8-10(17)14-12(19)15-11(8)18/h2-5H,1H3,(H,13,16)(H3,14,15,17,18,19). The van der Waals surface area contributed by atoms with Crippen molar-refractivity contribution in [1.29, 1.82) is 0 Å². The maximum atomic E-state index is 11.9. The molecule has 0 radical (unpaired) electrons. The lowest BCUT2D eigenvalue weighted by Gasteiger charge is -2.06. The van der Waals surface area contributed by atoms with Gasteiger partial charge in [-0.15, -0.1) is 0 Å². The van der Waals surface area contributed by atoms with Crippen LogP contribution in [-0.2, 0) is 9.84 Å². The Morgan fingerprint density at radius 3 is 2.23 bits per heavy atom. The van der Waals surface area contributed by atoms with E-state index in [1.807, 2.05) is 9.97 Å². The van der Waals surface area contributed by atoms with Crippen LogP contribution >= 0.6 is 0 Å². The third-order valence-electron chi connectivity index (χ3n) is 2.69. The van der Waals surface area contributed by atoms with Crippen LogP contribution in [0.4, 0.5) is 5.69 Å². The Hall–Kier alpha value is -2.88. The average molecular weight is 325 g/mol. The van der Waals surface area contributed by atoms with E-state index < -0.39 is 38.4 Å². The summed E-state index contributed by atoms with van der Waals surface area (Å²) in [5.41, 5.74) is -2.45. The van der Waals surface area contributed by atoms with Gasteiger partial charge in [-0.3, -0.25) is 19.6 Å². The van der Waals surface area contributed by atoms with Crippen LogP contribution in [0, 0.1) is 0 Å². The number of amides is 1. The summed E-state index contributed by atoms with van der Waals surface area (Å²) in [6, 6.07) is 5.21. The van der Waals surface area contributed by atoms with E-state index in [0.29, 0.717) is 0 Å². The summed E-state index contributed by atoms with van der Waals surface area (Å²) < 4.78 is 22.6. The average Bonchev–Trinajstić information content (AvgIpc) is 2.36. The molecular formula is C12H11N3O6S. The van der Waals surface area contributed by atoms with Crippen molar-refractivity contribution in [2.75, 3.05) is 11.6 Å². The minimum absolute atomic E-state index is 0.0650. The molecule has 0 aliphatic carbocycles. The van der Waals surface area contributed by atoms with E-state index in [-0.39, 0.29) is 10.6 Å². The van der Waals surface area contributed by atoms with Crippen LogP contribution in [0.2, 0.25) is 0 Å². The molecule has 9 nitrogen and oxygen atoms in total. The van der Waals surface area contributed by atoms with Crippen molar-refractivity contribution >= 4 is 21.4 Å². The van der Waals surface area contributed by atoms with Gasteiger partial charge in [0.05, 0.1) is 4.90 Å². The van der Waals surface area contributed by atoms with E-state index in [4.69, 9.17) is 0 Å². The Labute approximate surface area is 123 Å². The number of aromatic amines is 2. The Morgan fingerprint density at radius 2 is 1.73 bits per heavy atom. The third kappa shape index (κ3) is 3.23. The molecule has 1 heterocycles. The lowest BCUT2D eigenvalue weighted by atomic mass is 10.2. The molecule has 0 bridgehead atoms. The molecule has 1 aromatic heterocycles. The van der Waals surface area contributed by atoms with Gasteiger partial charge in [0.15, 0.2) is 15.4 Å². The molecular weight excluding hydrogens is 314 g/mol. The van der Waals surface area contributed by atoms with E-state index in [1.54, 1.807) is 0 Å². The zero-order valence-electron chi connectivity index (χ0n) is 11.2. The molecule has 22 heavy (non-hydrogen) atoms. The van der Waals surface area contributed by atoms with Gasteiger partial charge in [-0.05, 0) is 24.3 Å². The topological polar surface area (TPSA) is 149 Å². The van der Waals surface area contributed by atoms with Crippen LogP contribution in [0.15, 0.2) is 38.8 Å². The second-order valence-electron chi connectivity index (χ2n) is 4.38. The van der Waals surface area contributed by atoms with Gasteiger partial charge in [-0.2, -0.15) is 0 Å². The minimum atomic E-state index is -3.37. The van der Waals surface area contributed by atoms with E-state index in [2.05, 4.69) is 5.32 Å². The number of carbonyl (C=O) groups excluding carboxylic acids is 1. The van der Waals surface area contributed by atoms with Gasteiger partial charge in [0.25, 0.3) is 11.5 Å². The summed E-state index contributed by atoms with van der Waals surface area (Å²) >= 11 is 0. The predicted molar refractivity (Wildman–Crippen MR) is 76.9 cm³/mol. The molecule has 0 unspecified atom stereocenters. The number of carbonyl (C=O) groups is 1. The fourth-order valence-electron chi connectivity index (χ4n) is 1.66. The number of H-pyrrole nitrogens is 2. The van der Waals surface area contributed by atoms with Gasteiger partial charge in [-0.1, -0.05) is 0 Å². The van der Waals surface area contributed by atoms with Crippen molar-refractivity contribution < 1.29 is 18.3 Å². The number of anilines is 1. The van der Waals surface area contributed by atoms with Crippen molar-refractivity contribution in [2.24, 2.45) is 0 Å². The van der Waals surface area contributed by atoms with E-state index >= 15 is 0 Å². The SMILES string of the molecule is CS(=O)(=O)c1ccc(NC(=O)c2c(O)[nH]c(=O)[nH]c2=O)cc1. The molecule has 0 aliphatic heterocycles. The van der Waals surface area contributed by atoms with E-state index in [0.717, 1.165) is 6.26 Å². The van der Waals surface area contributed by atoms with Crippen LogP contribution in [0.5, 0.6) is 5.88 Å². The highest BCUT2D eigenvalue weighted by Gasteiger charge is 2.17. The molecule has 116 valence electrons. The summed E-state index contributed by atoms with van der Waals surface area (Å²) in [5, 5.41) is 11.8. The first-order valence-corrected chi connectivity index (χ1v) is 7.74. The molecule has 1 amide bonds. The van der Waals surface area contributed by atoms with Crippen molar-refractivity contribution in [3.05, 3.63) is 50.7 Å². The molecule has 10 heteroatoms. The molecule has 0 saturated heterocycles. The zero-order chi connectivity index (χ0) is 16.5. The van der Waals surface area contributed by atoms with Crippen molar-refractivity contribution in [1.82, 2.24) is 9.97 Å². The van der Waals surface area contributed by atoms with E-state index in [9.17, 15) is 27.9 Å². The summed E-state index contributed by atoms with van der Waals surface area (Å²) in [6.07, 6.45) is 1.04. The third-order valence-corrected chi connectivity index (χ3v) is 3.82. The quantitative estimate of drug-likeness (QED) is 0.593. The number of rotatable bonds is 3. The Bertz CT molecular complexity index is 940. The molecule has 0 atom stereocenters. The first kappa shape index (κ1) is 15.5. The Morgan fingerprint density at radius 1 is 1.14 bits per heavy atom. The Balaban J connectivity index is 2.30. The van der Waals surface area contributed by atoms with Gasteiger partial charge >= 0.3 is 5.69 Å². The van der Waals surface area contributed by atoms with Crippen molar-refractivity contribution in [3.8, 4) is 5.88 Å². The number of sulfone groups is 1.